The van der Waals surface area contributed by atoms with Crippen molar-refractivity contribution in [3.8, 4) is 0 Å². The van der Waals surface area contributed by atoms with Crippen LogP contribution in [0.3, 0.4) is 0 Å². The van der Waals surface area contributed by atoms with Gasteiger partial charge in [0.15, 0.2) is 0 Å². The SMILES string of the molecule is CC(C)(CC(=O)O)CC(=O)N1Cc2ccccc2C1. The maximum Gasteiger partial charge on any atom is 0.303 e. The van der Waals surface area contributed by atoms with E-state index in [1.54, 1.807) is 4.90 Å². The van der Waals surface area contributed by atoms with Crippen LogP contribution in [-0.2, 0) is 22.7 Å². The van der Waals surface area contributed by atoms with E-state index in [0.717, 1.165) is 0 Å². The summed E-state index contributed by atoms with van der Waals surface area (Å²) in [5.74, 6) is -0.829. The fourth-order valence-electron chi connectivity index (χ4n) is 2.50. The molecule has 1 aromatic rings. The van der Waals surface area contributed by atoms with Crippen LogP contribution in [0.5, 0.6) is 0 Å². The Morgan fingerprint density at radius 3 is 2.16 bits per heavy atom. The number of rotatable bonds is 4. The Morgan fingerprint density at radius 2 is 1.68 bits per heavy atom. The molecular weight excluding hydrogens is 242 g/mol. The molecule has 102 valence electrons. The van der Waals surface area contributed by atoms with E-state index in [0.29, 0.717) is 13.1 Å². The molecule has 1 amide bonds. The Bertz CT molecular complexity index is 483. The molecule has 4 nitrogen and oxygen atoms in total. The minimum atomic E-state index is -0.859. The molecule has 19 heavy (non-hydrogen) atoms. The molecule has 0 aliphatic carbocycles. The van der Waals surface area contributed by atoms with E-state index in [1.165, 1.54) is 11.1 Å². The van der Waals surface area contributed by atoms with Crippen molar-refractivity contribution in [1.82, 2.24) is 4.90 Å². The zero-order chi connectivity index (χ0) is 14.0. The molecule has 0 radical (unpaired) electrons. The molecule has 0 atom stereocenters. The summed E-state index contributed by atoms with van der Waals surface area (Å²) in [6, 6.07) is 8.01. The molecule has 0 unspecified atom stereocenters. The van der Waals surface area contributed by atoms with Crippen LogP contribution in [0.4, 0.5) is 0 Å². The van der Waals surface area contributed by atoms with Crippen LogP contribution in [0.15, 0.2) is 24.3 Å². The molecule has 4 heteroatoms. The van der Waals surface area contributed by atoms with Gasteiger partial charge in [-0.15, -0.1) is 0 Å². The van der Waals surface area contributed by atoms with E-state index in [4.69, 9.17) is 5.11 Å². The van der Waals surface area contributed by atoms with Crippen LogP contribution in [0.25, 0.3) is 0 Å². The number of carboxylic acid groups (broad SMARTS) is 1. The van der Waals surface area contributed by atoms with Gasteiger partial charge in [-0.2, -0.15) is 0 Å². The molecule has 0 spiro atoms. The lowest BCUT2D eigenvalue weighted by atomic mass is 9.85. The minimum Gasteiger partial charge on any atom is -0.481 e. The number of carbonyl (C=O) groups is 2. The number of carbonyl (C=O) groups excluding carboxylic acids is 1. The van der Waals surface area contributed by atoms with Crippen molar-refractivity contribution in [2.24, 2.45) is 5.41 Å². The fraction of sp³-hybridized carbons (Fsp3) is 0.467. The molecule has 1 aliphatic rings. The molecule has 1 heterocycles. The molecule has 0 bridgehead atoms. The summed E-state index contributed by atoms with van der Waals surface area (Å²) in [4.78, 5) is 24.8. The quantitative estimate of drug-likeness (QED) is 0.905. The van der Waals surface area contributed by atoms with Gasteiger partial charge in [0.1, 0.15) is 0 Å². The highest BCUT2D eigenvalue weighted by Gasteiger charge is 2.30. The molecule has 1 N–H and O–H groups in total. The van der Waals surface area contributed by atoms with Gasteiger partial charge in [0.25, 0.3) is 0 Å². The van der Waals surface area contributed by atoms with Gasteiger partial charge in [-0.1, -0.05) is 38.1 Å². The highest BCUT2D eigenvalue weighted by molar-refractivity contribution is 5.78. The van der Waals surface area contributed by atoms with Gasteiger partial charge >= 0.3 is 5.97 Å². The predicted molar refractivity (Wildman–Crippen MR) is 71.3 cm³/mol. The van der Waals surface area contributed by atoms with Crippen LogP contribution in [0.2, 0.25) is 0 Å². The number of nitrogens with zero attached hydrogens (tertiary/aromatic N) is 1. The number of fused-ring (bicyclic) bond motifs is 1. The topological polar surface area (TPSA) is 57.6 Å². The first kappa shape index (κ1) is 13.6. The summed E-state index contributed by atoms with van der Waals surface area (Å²) in [5, 5.41) is 8.84. The standard InChI is InChI=1S/C15H19NO3/c1-15(2,8-14(18)19)7-13(17)16-9-11-5-3-4-6-12(11)10-16/h3-6H,7-10H2,1-2H3,(H,18,19). The summed E-state index contributed by atoms with van der Waals surface area (Å²) in [6.07, 6.45) is 0.285. The summed E-state index contributed by atoms with van der Waals surface area (Å²) in [6.45, 7) is 4.92. The molecule has 1 aromatic carbocycles. The first-order chi connectivity index (χ1) is 8.87. The van der Waals surface area contributed by atoms with Gasteiger partial charge in [-0.25, -0.2) is 0 Å². The van der Waals surface area contributed by atoms with E-state index < -0.39 is 11.4 Å². The Balaban J connectivity index is 1.98. The fourth-order valence-corrected chi connectivity index (χ4v) is 2.50. The van der Waals surface area contributed by atoms with Gasteiger partial charge in [-0.05, 0) is 16.5 Å². The molecule has 2 rings (SSSR count). The van der Waals surface area contributed by atoms with E-state index in [2.05, 4.69) is 0 Å². The van der Waals surface area contributed by atoms with Crippen molar-refractivity contribution in [3.05, 3.63) is 35.4 Å². The summed E-state index contributed by atoms with van der Waals surface area (Å²) in [7, 11) is 0. The molecule has 0 aromatic heterocycles. The number of amides is 1. The van der Waals surface area contributed by atoms with Crippen molar-refractivity contribution >= 4 is 11.9 Å². The van der Waals surface area contributed by atoms with Gasteiger partial charge in [-0.3, -0.25) is 9.59 Å². The third-order valence-electron chi connectivity index (χ3n) is 3.45. The van der Waals surface area contributed by atoms with Crippen LogP contribution < -0.4 is 0 Å². The average Bonchev–Trinajstić information content (AvgIpc) is 2.69. The molecular formula is C15H19NO3. The highest BCUT2D eigenvalue weighted by Crippen LogP contribution is 2.29. The maximum absolute atomic E-state index is 12.2. The van der Waals surface area contributed by atoms with E-state index in [9.17, 15) is 9.59 Å². The summed E-state index contributed by atoms with van der Waals surface area (Å²) >= 11 is 0. The molecule has 1 aliphatic heterocycles. The number of benzene rings is 1. The lowest BCUT2D eigenvalue weighted by molar-refractivity contribution is -0.140. The summed E-state index contributed by atoms with van der Waals surface area (Å²) < 4.78 is 0. The normalized spacial score (nSPS) is 14.3. The number of hydrogen-bond donors (Lipinski definition) is 1. The van der Waals surface area contributed by atoms with Crippen LogP contribution in [-0.4, -0.2) is 21.9 Å². The number of aliphatic carboxylic acids is 1. The van der Waals surface area contributed by atoms with Gasteiger partial charge in [0.05, 0.1) is 6.42 Å². The third-order valence-corrected chi connectivity index (χ3v) is 3.45. The minimum absolute atomic E-state index is 0.0134. The first-order valence-electron chi connectivity index (χ1n) is 6.44. The number of carboxylic acids is 1. The van der Waals surface area contributed by atoms with Gasteiger partial charge < -0.3 is 10.0 Å². The van der Waals surface area contributed by atoms with E-state index >= 15 is 0 Å². The lowest BCUT2D eigenvalue weighted by Crippen LogP contribution is -2.31. The van der Waals surface area contributed by atoms with Crippen LogP contribution >= 0.6 is 0 Å². The second kappa shape index (κ2) is 5.03. The average molecular weight is 261 g/mol. The third kappa shape index (κ3) is 3.34. The summed E-state index contributed by atoms with van der Waals surface area (Å²) in [5.41, 5.74) is 1.87. The van der Waals surface area contributed by atoms with Crippen molar-refractivity contribution in [3.63, 3.8) is 0 Å². The van der Waals surface area contributed by atoms with Gasteiger partial charge in [0, 0.05) is 19.5 Å². The van der Waals surface area contributed by atoms with Crippen molar-refractivity contribution < 1.29 is 14.7 Å². The highest BCUT2D eigenvalue weighted by atomic mass is 16.4. The Labute approximate surface area is 113 Å². The van der Waals surface area contributed by atoms with Crippen molar-refractivity contribution in [1.29, 1.82) is 0 Å². The monoisotopic (exact) mass is 261 g/mol. The Hall–Kier alpha value is -1.84. The first-order valence-corrected chi connectivity index (χ1v) is 6.44. The van der Waals surface area contributed by atoms with Crippen molar-refractivity contribution in [2.75, 3.05) is 0 Å². The Kier molecular flexibility index (Phi) is 3.60. The second-order valence-electron chi connectivity index (χ2n) is 5.93. The lowest BCUT2D eigenvalue weighted by Gasteiger charge is -2.25. The van der Waals surface area contributed by atoms with Crippen LogP contribution in [0.1, 0.15) is 37.8 Å². The Morgan fingerprint density at radius 1 is 1.16 bits per heavy atom. The number of hydrogen-bond acceptors (Lipinski definition) is 2. The molecule has 0 saturated heterocycles. The van der Waals surface area contributed by atoms with Crippen LogP contribution in [0, 0.1) is 5.41 Å². The molecule has 0 fully saturated rings. The second-order valence-corrected chi connectivity index (χ2v) is 5.93. The maximum atomic E-state index is 12.2. The van der Waals surface area contributed by atoms with Gasteiger partial charge in [0.2, 0.25) is 5.91 Å². The zero-order valence-electron chi connectivity index (χ0n) is 11.3. The van der Waals surface area contributed by atoms with E-state index in [1.807, 2.05) is 38.1 Å². The zero-order valence-corrected chi connectivity index (χ0v) is 11.3. The largest absolute Gasteiger partial charge is 0.481 e. The smallest absolute Gasteiger partial charge is 0.303 e. The van der Waals surface area contributed by atoms with E-state index in [-0.39, 0.29) is 18.7 Å². The van der Waals surface area contributed by atoms with Crippen molar-refractivity contribution in [2.45, 2.75) is 39.8 Å². The predicted octanol–water partition coefficient (Wildman–Crippen LogP) is 2.42. The molecule has 0 saturated carbocycles.